The molecule has 0 spiro atoms. The van der Waals surface area contributed by atoms with Gasteiger partial charge in [-0.15, -0.1) is 0 Å². The van der Waals surface area contributed by atoms with Crippen LogP contribution in [-0.2, 0) is 4.74 Å². The van der Waals surface area contributed by atoms with E-state index in [1.165, 1.54) is 6.42 Å². The average molecular weight is 170 g/mol. The Kier molecular flexibility index (Phi) is 3.60. The molecule has 0 aromatic rings. The van der Waals surface area contributed by atoms with Crippen LogP contribution < -0.4 is 0 Å². The van der Waals surface area contributed by atoms with Crippen LogP contribution in [0.25, 0.3) is 0 Å². The van der Waals surface area contributed by atoms with Gasteiger partial charge in [-0.2, -0.15) is 0 Å². The van der Waals surface area contributed by atoms with Gasteiger partial charge in [0.15, 0.2) is 0 Å². The van der Waals surface area contributed by atoms with Gasteiger partial charge >= 0.3 is 0 Å². The van der Waals surface area contributed by atoms with Crippen molar-refractivity contribution in [2.45, 2.75) is 44.1 Å². The molecule has 1 saturated carbocycles. The summed E-state index contributed by atoms with van der Waals surface area (Å²) in [4.78, 5) is 0. The van der Waals surface area contributed by atoms with E-state index in [0.29, 0.717) is 0 Å². The molecule has 0 radical (unpaired) electrons. The first-order valence-corrected chi connectivity index (χ1v) is 4.67. The molecule has 1 fully saturated rings. The van der Waals surface area contributed by atoms with Crippen molar-refractivity contribution >= 4 is 0 Å². The van der Waals surface area contributed by atoms with Gasteiger partial charge in [0.2, 0.25) is 0 Å². The van der Waals surface area contributed by atoms with Crippen molar-refractivity contribution in [2.24, 2.45) is 0 Å². The Bertz CT molecular complexity index is 146. The van der Waals surface area contributed by atoms with Gasteiger partial charge in [-0.1, -0.05) is 19.3 Å². The number of ether oxygens (including phenoxy) is 1. The molecule has 0 aromatic carbocycles. The molecule has 0 aliphatic heterocycles. The van der Waals surface area contributed by atoms with Crippen LogP contribution in [0.5, 0.6) is 0 Å². The summed E-state index contributed by atoms with van der Waals surface area (Å²) in [6.07, 6.45) is 9.78. The van der Waals surface area contributed by atoms with E-state index in [0.717, 1.165) is 32.1 Å². The molecule has 0 amide bonds. The van der Waals surface area contributed by atoms with Crippen LogP contribution in [0.3, 0.4) is 0 Å². The fourth-order valence-electron chi connectivity index (χ4n) is 1.78. The first-order valence-electron chi connectivity index (χ1n) is 4.67. The normalized spacial score (nSPS) is 22.8. The largest absolute Gasteiger partial charge is 0.505 e. The lowest BCUT2D eigenvalue weighted by atomic mass is 9.83. The van der Waals surface area contributed by atoms with Gasteiger partial charge in [-0.3, -0.25) is 0 Å². The van der Waals surface area contributed by atoms with Gasteiger partial charge < -0.3 is 9.84 Å². The molecule has 70 valence electrons. The zero-order chi connectivity index (χ0) is 8.86. The van der Waals surface area contributed by atoms with E-state index >= 15 is 0 Å². The van der Waals surface area contributed by atoms with Crippen molar-refractivity contribution in [3.05, 3.63) is 12.3 Å². The minimum Gasteiger partial charge on any atom is -0.505 e. The molecule has 2 heteroatoms. The van der Waals surface area contributed by atoms with Crippen LogP contribution >= 0.6 is 0 Å². The Balaban J connectivity index is 2.31. The van der Waals surface area contributed by atoms with Gasteiger partial charge in [0.1, 0.15) is 0 Å². The highest BCUT2D eigenvalue weighted by Crippen LogP contribution is 2.30. The summed E-state index contributed by atoms with van der Waals surface area (Å²) in [5, 5.41) is 9.99. The van der Waals surface area contributed by atoms with E-state index in [9.17, 15) is 5.11 Å². The Morgan fingerprint density at radius 2 is 2.00 bits per heavy atom. The lowest BCUT2D eigenvalue weighted by Crippen LogP contribution is -2.30. The van der Waals surface area contributed by atoms with Crippen molar-refractivity contribution in [1.29, 1.82) is 0 Å². The lowest BCUT2D eigenvalue weighted by molar-refractivity contribution is 0.00651. The Morgan fingerprint density at radius 3 is 2.58 bits per heavy atom. The van der Waals surface area contributed by atoms with E-state index in [-0.39, 0.29) is 0 Å². The van der Waals surface area contributed by atoms with Gasteiger partial charge in [0.25, 0.3) is 0 Å². The van der Waals surface area contributed by atoms with Gasteiger partial charge in [0, 0.05) is 0 Å². The number of hydrogen-bond donors (Lipinski definition) is 1. The third-order valence-electron chi connectivity index (χ3n) is 2.51. The first kappa shape index (κ1) is 9.59. The minimum atomic E-state index is -0.437. The van der Waals surface area contributed by atoms with E-state index in [2.05, 4.69) is 0 Å². The Hall–Kier alpha value is -0.500. The van der Waals surface area contributed by atoms with Crippen LogP contribution in [0, 0.1) is 0 Å². The maximum Gasteiger partial charge on any atom is 0.0785 e. The predicted molar refractivity (Wildman–Crippen MR) is 48.8 cm³/mol. The summed E-state index contributed by atoms with van der Waals surface area (Å²) in [5.41, 5.74) is -0.437. The molecule has 1 N–H and O–H groups in total. The van der Waals surface area contributed by atoms with Gasteiger partial charge in [0.05, 0.1) is 19.0 Å². The molecule has 0 saturated heterocycles. The zero-order valence-electron chi connectivity index (χ0n) is 7.75. The number of rotatable bonds is 3. The van der Waals surface area contributed by atoms with Crippen molar-refractivity contribution in [2.75, 3.05) is 7.11 Å². The number of methoxy groups -OCH3 is 1. The third kappa shape index (κ3) is 2.86. The fraction of sp³-hybridized carbons (Fsp3) is 0.800. The zero-order valence-corrected chi connectivity index (χ0v) is 7.75. The average Bonchev–Trinajstić information content (AvgIpc) is 2.06. The summed E-state index contributed by atoms with van der Waals surface area (Å²) in [6, 6.07) is 0. The molecular formula is C10H18O2. The topological polar surface area (TPSA) is 29.5 Å². The molecule has 1 aliphatic carbocycles. The summed E-state index contributed by atoms with van der Waals surface area (Å²) in [5.74, 6) is 0. The van der Waals surface area contributed by atoms with E-state index in [1.807, 2.05) is 6.08 Å². The summed E-state index contributed by atoms with van der Waals surface area (Å²) in [7, 11) is 1.63. The summed E-state index contributed by atoms with van der Waals surface area (Å²) < 4.78 is 4.79. The SMILES string of the molecule is CO/C=C\CC1(O)CCCCC1. The maximum atomic E-state index is 9.99. The Labute approximate surface area is 74.2 Å². The third-order valence-corrected chi connectivity index (χ3v) is 2.51. The second-order valence-electron chi connectivity index (χ2n) is 3.60. The Morgan fingerprint density at radius 1 is 1.33 bits per heavy atom. The monoisotopic (exact) mass is 170 g/mol. The molecular weight excluding hydrogens is 152 g/mol. The van der Waals surface area contributed by atoms with E-state index < -0.39 is 5.60 Å². The fourth-order valence-corrected chi connectivity index (χ4v) is 1.78. The van der Waals surface area contributed by atoms with Gasteiger partial charge in [-0.25, -0.2) is 0 Å². The minimum absolute atomic E-state index is 0.437. The second-order valence-corrected chi connectivity index (χ2v) is 3.60. The number of hydrogen-bond acceptors (Lipinski definition) is 2. The summed E-state index contributed by atoms with van der Waals surface area (Å²) in [6.45, 7) is 0. The standard InChI is InChI=1S/C10H18O2/c1-12-9-5-8-10(11)6-3-2-4-7-10/h5,9,11H,2-4,6-8H2,1H3/b9-5-. The van der Waals surface area contributed by atoms with Crippen molar-refractivity contribution in [3.8, 4) is 0 Å². The lowest BCUT2D eigenvalue weighted by Gasteiger charge is -2.30. The molecule has 2 nitrogen and oxygen atoms in total. The number of aliphatic hydroxyl groups is 1. The molecule has 0 unspecified atom stereocenters. The van der Waals surface area contributed by atoms with Gasteiger partial charge in [-0.05, 0) is 25.3 Å². The highest BCUT2D eigenvalue weighted by molar-refractivity contribution is 4.90. The van der Waals surface area contributed by atoms with Crippen molar-refractivity contribution < 1.29 is 9.84 Å². The first-order chi connectivity index (χ1) is 5.77. The highest BCUT2D eigenvalue weighted by atomic mass is 16.5. The maximum absolute atomic E-state index is 9.99. The molecule has 1 rings (SSSR count). The van der Waals surface area contributed by atoms with Crippen LogP contribution in [0.1, 0.15) is 38.5 Å². The predicted octanol–water partition coefficient (Wildman–Crippen LogP) is 2.23. The molecule has 0 atom stereocenters. The molecule has 12 heavy (non-hydrogen) atoms. The molecule has 0 aromatic heterocycles. The van der Waals surface area contributed by atoms with Crippen LogP contribution in [0.2, 0.25) is 0 Å². The van der Waals surface area contributed by atoms with Crippen molar-refractivity contribution in [3.63, 3.8) is 0 Å². The van der Waals surface area contributed by atoms with E-state index in [4.69, 9.17) is 4.74 Å². The second kappa shape index (κ2) is 4.51. The molecule has 0 heterocycles. The van der Waals surface area contributed by atoms with Crippen LogP contribution in [0.4, 0.5) is 0 Å². The molecule has 1 aliphatic rings. The van der Waals surface area contributed by atoms with E-state index in [1.54, 1.807) is 13.4 Å². The summed E-state index contributed by atoms with van der Waals surface area (Å²) >= 11 is 0. The highest BCUT2D eigenvalue weighted by Gasteiger charge is 2.27. The van der Waals surface area contributed by atoms with Crippen molar-refractivity contribution in [1.82, 2.24) is 0 Å². The quantitative estimate of drug-likeness (QED) is 0.658. The van der Waals surface area contributed by atoms with Crippen LogP contribution in [0.15, 0.2) is 12.3 Å². The molecule has 0 bridgehead atoms. The smallest absolute Gasteiger partial charge is 0.0785 e. The van der Waals surface area contributed by atoms with Crippen LogP contribution in [-0.4, -0.2) is 17.8 Å².